The maximum Gasteiger partial charge on any atom is 0.192 e. The van der Waals surface area contributed by atoms with E-state index >= 15 is 0 Å². The van der Waals surface area contributed by atoms with E-state index in [-0.39, 0.29) is 6.04 Å². The van der Waals surface area contributed by atoms with Crippen LogP contribution in [0.5, 0.6) is 0 Å². The third-order valence-corrected chi connectivity index (χ3v) is 4.82. The quantitative estimate of drug-likeness (QED) is 0.598. The Labute approximate surface area is 151 Å². The van der Waals surface area contributed by atoms with Gasteiger partial charge in [0.2, 0.25) is 0 Å². The number of aromatic nitrogens is 1. The first-order valence-corrected chi connectivity index (χ1v) is 8.98. The van der Waals surface area contributed by atoms with Crippen molar-refractivity contribution in [1.82, 2.24) is 15.6 Å². The van der Waals surface area contributed by atoms with E-state index in [4.69, 9.17) is 23.2 Å². The smallest absolute Gasteiger partial charge is 0.192 e. The van der Waals surface area contributed by atoms with E-state index < -0.39 is 0 Å². The second-order valence-electron chi connectivity index (χ2n) is 5.10. The van der Waals surface area contributed by atoms with E-state index in [1.165, 1.54) is 4.88 Å². The van der Waals surface area contributed by atoms with E-state index in [0.29, 0.717) is 16.6 Å². The van der Waals surface area contributed by atoms with Crippen molar-refractivity contribution in [3.05, 3.63) is 49.9 Å². The van der Waals surface area contributed by atoms with E-state index in [0.717, 1.165) is 23.1 Å². The van der Waals surface area contributed by atoms with Crippen molar-refractivity contribution >= 4 is 40.5 Å². The fraction of sp³-hybridized carbons (Fsp3) is 0.375. The molecule has 0 bridgehead atoms. The molecule has 1 aromatic heterocycles. The van der Waals surface area contributed by atoms with Crippen molar-refractivity contribution in [1.29, 1.82) is 0 Å². The zero-order valence-electron chi connectivity index (χ0n) is 13.4. The van der Waals surface area contributed by atoms with Gasteiger partial charge in [0.1, 0.15) is 5.01 Å². The fourth-order valence-corrected chi connectivity index (χ4v) is 3.03. The van der Waals surface area contributed by atoms with Crippen LogP contribution in [0.25, 0.3) is 0 Å². The molecule has 0 saturated heterocycles. The van der Waals surface area contributed by atoms with Crippen LogP contribution in [0.15, 0.2) is 29.4 Å². The summed E-state index contributed by atoms with van der Waals surface area (Å²) in [7, 11) is 0. The van der Waals surface area contributed by atoms with Gasteiger partial charge < -0.3 is 10.6 Å². The molecule has 1 aromatic carbocycles. The van der Waals surface area contributed by atoms with Crippen LogP contribution in [0, 0.1) is 6.92 Å². The van der Waals surface area contributed by atoms with Gasteiger partial charge in [-0.15, -0.1) is 11.3 Å². The number of nitrogens with one attached hydrogen (secondary N) is 2. The van der Waals surface area contributed by atoms with Gasteiger partial charge in [-0.1, -0.05) is 29.3 Å². The average Bonchev–Trinajstić information content (AvgIpc) is 2.93. The Kier molecular flexibility index (Phi) is 6.69. The molecular formula is C16H20Cl2N4S. The first kappa shape index (κ1) is 18.0. The molecule has 1 atom stereocenters. The second kappa shape index (κ2) is 8.52. The molecule has 1 unspecified atom stereocenters. The summed E-state index contributed by atoms with van der Waals surface area (Å²) in [5.74, 6) is 0.749. The lowest BCUT2D eigenvalue weighted by molar-refractivity contribution is 0.686. The first-order chi connectivity index (χ1) is 11.0. The number of guanidine groups is 1. The monoisotopic (exact) mass is 370 g/mol. The number of rotatable bonds is 5. The van der Waals surface area contributed by atoms with Crippen molar-refractivity contribution in [3.63, 3.8) is 0 Å². The van der Waals surface area contributed by atoms with E-state index in [9.17, 15) is 0 Å². The zero-order chi connectivity index (χ0) is 16.8. The van der Waals surface area contributed by atoms with Crippen LogP contribution in [-0.4, -0.2) is 17.5 Å². The van der Waals surface area contributed by atoms with Gasteiger partial charge in [0.15, 0.2) is 5.96 Å². The Morgan fingerprint density at radius 1 is 1.35 bits per heavy atom. The average molecular weight is 371 g/mol. The number of nitrogens with zero attached hydrogens (tertiary/aromatic N) is 2. The highest BCUT2D eigenvalue weighted by Crippen LogP contribution is 2.25. The Balaban J connectivity index is 2.06. The minimum atomic E-state index is 0.0561. The summed E-state index contributed by atoms with van der Waals surface area (Å²) < 4.78 is 0. The molecule has 0 aliphatic heterocycles. The van der Waals surface area contributed by atoms with Gasteiger partial charge in [-0.05, 0) is 38.5 Å². The highest BCUT2D eigenvalue weighted by Gasteiger charge is 2.10. The topological polar surface area (TPSA) is 49.3 Å². The summed E-state index contributed by atoms with van der Waals surface area (Å²) in [5, 5.41) is 8.73. The largest absolute Gasteiger partial charge is 0.357 e. The number of thiazole rings is 1. The minimum absolute atomic E-state index is 0.0561. The molecule has 1 heterocycles. The molecule has 4 nitrogen and oxygen atoms in total. The molecular weight excluding hydrogens is 351 g/mol. The Hall–Kier alpha value is -1.30. The van der Waals surface area contributed by atoms with Gasteiger partial charge in [0.05, 0.1) is 22.6 Å². The molecule has 0 aliphatic carbocycles. The lowest BCUT2D eigenvalue weighted by Crippen LogP contribution is -2.38. The number of hydrogen-bond acceptors (Lipinski definition) is 3. The Morgan fingerprint density at radius 3 is 2.74 bits per heavy atom. The van der Waals surface area contributed by atoms with Crippen molar-refractivity contribution in [2.24, 2.45) is 4.99 Å². The van der Waals surface area contributed by atoms with Gasteiger partial charge in [-0.3, -0.25) is 0 Å². The Morgan fingerprint density at radius 2 is 2.13 bits per heavy atom. The standard InChI is InChI=1S/C16H20Cl2N4S/c1-4-19-16(21-9-15-20-8-10(2)23-15)22-11(3)12-5-6-13(17)14(18)7-12/h5-8,11H,4,9H2,1-3H3,(H2,19,21,22). The Bertz CT molecular complexity index is 684. The van der Waals surface area contributed by atoms with Gasteiger partial charge in [-0.25, -0.2) is 9.98 Å². The maximum absolute atomic E-state index is 6.09. The van der Waals surface area contributed by atoms with E-state index in [1.54, 1.807) is 17.4 Å². The predicted octanol–water partition coefficient (Wildman–Crippen LogP) is 4.57. The molecule has 23 heavy (non-hydrogen) atoms. The predicted molar refractivity (Wildman–Crippen MR) is 99.7 cm³/mol. The van der Waals surface area contributed by atoms with Crippen molar-refractivity contribution < 1.29 is 0 Å². The summed E-state index contributed by atoms with van der Waals surface area (Å²) in [4.78, 5) is 10.1. The highest BCUT2D eigenvalue weighted by molar-refractivity contribution is 7.11. The van der Waals surface area contributed by atoms with Crippen molar-refractivity contribution in [2.45, 2.75) is 33.4 Å². The highest BCUT2D eigenvalue weighted by atomic mass is 35.5. The zero-order valence-corrected chi connectivity index (χ0v) is 15.7. The number of halogens is 2. The third kappa shape index (κ3) is 5.37. The lowest BCUT2D eigenvalue weighted by Gasteiger charge is -2.18. The fourth-order valence-electron chi connectivity index (χ4n) is 2.01. The van der Waals surface area contributed by atoms with Crippen molar-refractivity contribution in [2.75, 3.05) is 6.54 Å². The lowest BCUT2D eigenvalue weighted by atomic mass is 10.1. The van der Waals surface area contributed by atoms with Gasteiger partial charge in [0, 0.05) is 17.6 Å². The van der Waals surface area contributed by atoms with Crippen molar-refractivity contribution in [3.8, 4) is 0 Å². The molecule has 2 N–H and O–H groups in total. The molecule has 0 fully saturated rings. The van der Waals surface area contributed by atoms with Gasteiger partial charge >= 0.3 is 0 Å². The van der Waals surface area contributed by atoms with Crippen LogP contribution < -0.4 is 10.6 Å². The molecule has 0 amide bonds. The van der Waals surface area contributed by atoms with Crippen LogP contribution >= 0.6 is 34.5 Å². The molecule has 7 heteroatoms. The second-order valence-corrected chi connectivity index (χ2v) is 7.23. The molecule has 0 saturated carbocycles. The van der Waals surface area contributed by atoms with Crippen LogP contribution in [0.2, 0.25) is 10.0 Å². The van der Waals surface area contributed by atoms with Crippen LogP contribution in [-0.2, 0) is 6.54 Å². The van der Waals surface area contributed by atoms with Crippen LogP contribution in [0.3, 0.4) is 0 Å². The number of aryl methyl sites for hydroxylation is 1. The molecule has 0 spiro atoms. The number of aliphatic imine (C=N–C) groups is 1. The summed E-state index contributed by atoms with van der Waals surface area (Å²) >= 11 is 13.7. The summed E-state index contributed by atoms with van der Waals surface area (Å²) in [6, 6.07) is 5.69. The summed E-state index contributed by atoms with van der Waals surface area (Å²) in [6.45, 7) is 7.48. The van der Waals surface area contributed by atoms with E-state index in [2.05, 4.69) is 27.5 Å². The van der Waals surface area contributed by atoms with Crippen LogP contribution in [0.4, 0.5) is 0 Å². The van der Waals surface area contributed by atoms with Crippen LogP contribution in [0.1, 0.15) is 35.3 Å². The maximum atomic E-state index is 6.09. The molecule has 0 aliphatic rings. The molecule has 124 valence electrons. The van der Waals surface area contributed by atoms with E-state index in [1.807, 2.05) is 32.2 Å². The van der Waals surface area contributed by atoms with Gasteiger partial charge in [-0.2, -0.15) is 0 Å². The molecule has 2 aromatic rings. The third-order valence-electron chi connectivity index (χ3n) is 3.18. The van der Waals surface area contributed by atoms with Gasteiger partial charge in [0.25, 0.3) is 0 Å². The SMILES string of the molecule is CCNC(=NCc1ncc(C)s1)NC(C)c1ccc(Cl)c(Cl)c1. The minimum Gasteiger partial charge on any atom is -0.357 e. The summed E-state index contributed by atoms with van der Waals surface area (Å²) in [5.41, 5.74) is 1.05. The summed E-state index contributed by atoms with van der Waals surface area (Å²) in [6.07, 6.45) is 1.87. The molecule has 2 rings (SSSR count). The number of benzene rings is 1. The normalized spacial score (nSPS) is 13.0. The molecule has 0 radical (unpaired) electrons. The number of hydrogen-bond donors (Lipinski definition) is 2. The first-order valence-electron chi connectivity index (χ1n) is 7.40.